The van der Waals surface area contributed by atoms with Crippen molar-refractivity contribution in [2.75, 3.05) is 13.1 Å². The first-order valence-electron chi connectivity index (χ1n) is 5.87. The van der Waals surface area contributed by atoms with E-state index < -0.39 is 0 Å². The molecule has 1 aliphatic heterocycles. The van der Waals surface area contributed by atoms with Crippen molar-refractivity contribution in [1.82, 2.24) is 5.32 Å². The van der Waals surface area contributed by atoms with Gasteiger partial charge in [-0.1, -0.05) is 30.3 Å². The lowest BCUT2D eigenvalue weighted by Crippen LogP contribution is -2.29. The van der Waals surface area contributed by atoms with Crippen LogP contribution in [0.3, 0.4) is 0 Å². The molecule has 15 heavy (non-hydrogen) atoms. The van der Waals surface area contributed by atoms with Crippen LogP contribution in [0.4, 0.5) is 0 Å². The molecule has 2 rings (SSSR count). The quantitative estimate of drug-likeness (QED) is 0.791. The molecule has 82 valence electrons. The standard InChI is InChI=1S/C13H20N2/c14-13(12-4-2-1-3-5-12)10-11-6-8-15-9-7-11/h1-5,11,13,15H,6-10,14H2. The fraction of sp³-hybridized carbons (Fsp3) is 0.538. The normalized spacial score (nSPS) is 20.1. The van der Waals surface area contributed by atoms with Crippen molar-refractivity contribution in [3.05, 3.63) is 35.9 Å². The van der Waals surface area contributed by atoms with Gasteiger partial charge >= 0.3 is 0 Å². The van der Waals surface area contributed by atoms with Gasteiger partial charge in [-0.3, -0.25) is 0 Å². The molecular formula is C13H20N2. The molecule has 1 atom stereocenters. The summed E-state index contributed by atoms with van der Waals surface area (Å²) in [4.78, 5) is 0. The maximum absolute atomic E-state index is 6.21. The maximum Gasteiger partial charge on any atom is 0.0297 e. The Morgan fingerprint density at radius 2 is 1.87 bits per heavy atom. The topological polar surface area (TPSA) is 38.0 Å². The van der Waals surface area contributed by atoms with Crippen LogP contribution in [0.15, 0.2) is 30.3 Å². The van der Waals surface area contributed by atoms with Gasteiger partial charge in [-0.25, -0.2) is 0 Å². The second-order valence-electron chi connectivity index (χ2n) is 4.45. The van der Waals surface area contributed by atoms with E-state index in [0.717, 1.165) is 25.4 Å². The largest absolute Gasteiger partial charge is 0.324 e. The van der Waals surface area contributed by atoms with Crippen molar-refractivity contribution in [3.63, 3.8) is 0 Å². The zero-order chi connectivity index (χ0) is 10.5. The van der Waals surface area contributed by atoms with Gasteiger partial charge in [0.05, 0.1) is 0 Å². The first-order valence-corrected chi connectivity index (χ1v) is 5.87. The minimum atomic E-state index is 0.217. The van der Waals surface area contributed by atoms with Gasteiger partial charge in [-0.15, -0.1) is 0 Å². The number of nitrogens with one attached hydrogen (secondary N) is 1. The van der Waals surface area contributed by atoms with E-state index in [1.54, 1.807) is 0 Å². The fourth-order valence-corrected chi connectivity index (χ4v) is 2.31. The number of hydrogen-bond acceptors (Lipinski definition) is 2. The number of benzene rings is 1. The van der Waals surface area contributed by atoms with Crippen LogP contribution >= 0.6 is 0 Å². The molecule has 2 heteroatoms. The van der Waals surface area contributed by atoms with E-state index in [9.17, 15) is 0 Å². The van der Waals surface area contributed by atoms with Crippen LogP contribution in [0, 0.1) is 5.92 Å². The van der Waals surface area contributed by atoms with Crippen molar-refractivity contribution in [1.29, 1.82) is 0 Å². The van der Waals surface area contributed by atoms with Crippen molar-refractivity contribution >= 4 is 0 Å². The Balaban J connectivity index is 1.88. The van der Waals surface area contributed by atoms with Crippen molar-refractivity contribution in [3.8, 4) is 0 Å². The van der Waals surface area contributed by atoms with Crippen LogP contribution < -0.4 is 11.1 Å². The van der Waals surface area contributed by atoms with Gasteiger partial charge in [-0.2, -0.15) is 0 Å². The van der Waals surface area contributed by atoms with Crippen LogP contribution in [0.25, 0.3) is 0 Å². The number of hydrogen-bond donors (Lipinski definition) is 2. The SMILES string of the molecule is NC(CC1CCNCC1)c1ccccc1. The van der Waals surface area contributed by atoms with Gasteiger partial charge in [-0.05, 0) is 43.8 Å². The second kappa shape index (κ2) is 5.29. The highest BCUT2D eigenvalue weighted by molar-refractivity contribution is 5.18. The fourth-order valence-electron chi connectivity index (χ4n) is 2.31. The molecule has 0 saturated carbocycles. The lowest BCUT2D eigenvalue weighted by molar-refractivity contribution is 0.333. The highest BCUT2D eigenvalue weighted by atomic mass is 14.9. The van der Waals surface area contributed by atoms with Crippen molar-refractivity contribution in [2.24, 2.45) is 11.7 Å². The molecule has 0 aromatic heterocycles. The van der Waals surface area contributed by atoms with E-state index in [0.29, 0.717) is 0 Å². The molecule has 1 heterocycles. The first-order chi connectivity index (χ1) is 7.36. The molecule has 3 N–H and O–H groups in total. The summed E-state index contributed by atoms with van der Waals surface area (Å²) in [6, 6.07) is 10.7. The third-order valence-corrected chi connectivity index (χ3v) is 3.27. The third kappa shape index (κ3) is 3.05. The molecule has 0 aliphatic carbocycles. The van der Waals surface area contributed by atoms with Crippen LogP contribution in [0.1, 0.15) is 30.9 Å². The highest BCUT2D eigenvalue weighted by Crippen LogP contribution is 2.24. The second-order valence-corrected chi connectivity index (χ2v) is 4.45. The summed E-state index contributed by atoms with van der Waals surface area (Å²) in [5, 5.41) is 3.39. The maximum atomic E-state index is 6.21. The highest BCUT2D eigenvalue weighted by Gasteiger charge is 2.16. The Morgan fingerprint density at radius 1 is 1.20 bits per heavy atom. The zero-order valence-electron chi connectivity index (χ0n) is 9.15. The number of nitrogens with two attached hydrogens (primary N) is 1. The number of rotatable bonds is 3. The van der Waals surface area contributed by atoms with E-state index in [1.807, 2.05) is 6.07 Å². The van der Waals surface area contributed by atoms with E-state index in [-0.39, 0.29) is 6.04 Å². The molecule has 0 radical (unpaired) electrons. The lowest BCUT2D eigenvalue weighted by atomic mass is 9.89. The van der Waals surface area contributed by atoms with Crippen LogP contribution in [-0.2, 0) is 0 Å². The minimum Gasteiger partial charge on any atom is -0.324 e. The summed E-state index contributed by atoms with van der Waals surface area (Å²) < 4.78 is 0. The van der Waals surface area contributed by atoms with Gasteiger partial charge in [0, 0.05) is 6.04 Å². The molecule has 0 bridgehead atoms. The molecule has 0 amide bonds. The summed E-state index contributed by atoms with van der Waals surface area (Å²) >= 11 is 0. The lowest BCUT2D eigenvalue weighted by Gasteiger charge is -2.25. The average Bonchev–Trinajstić information content (AvgIpc) is 2.31. The van der Waals surface area contributed by atoms with E-state index in [2.05, 4.69) is 29.6 Å². The molecular weight excluding hydrogens is 184 g/mol. The summed E-state index contributed by atoms with van der Waals surface area (Å²) in [5.41, 5.74) is 7.48. The summed E-state index contributed by atoms with van der Waals surface area (Å²) in [7, 11) is 0. The van der Waals surface area contributed by atoms with E-state index >= 15 is 0 Å². The summed E-state index contributed by atoms with van der Waals surface area (Å²) in [5.74, 6) is 0.807. The van der Waals surface area contributed by atoms with Gasteiger partial charge in [0.1, 0.15) is 0 Å². The zero-order valence-corrected chi connectivity index (χ0v) is 9.15. The molecule has 1 saturated heterocycles. The molecule has 1 aliphatic rings. The Kier molecular flexibility index (Phi) is 3.75. The monoisotopic (exact) mass is 204 g/mol. The first kappa shape index (κ1) is 10.7. The predicted octanol–water partition coefficient (Wildman–Crippen LogP) is 2.08. The van der Waals surface area contributed by atoms with Gasteiger partial charge in [0.2, 0.25) is 0 Å². The smallest absolute Gasteiger partial charge is 0.0297 e. The predicted molar refractivity (Wildman–Crippen MR) is 63.6 cm³/mol. The Hall–Kier alpha value is -0.860. The average molecular weight is 204 g/mol. The molecule has 0 spiro atoms. The Bertz CT molecular complexity index is 278. The van der Waals surface area contributed by atoms with E-state index in [4.69, 9.17) is 5.73 Å². The van der Waals surface area contributed by atoms with E-state index in [1.165, 1.54) is 18.4 Å². The summed E-state index contributed by atoms with van der Waals surface area (Å²) in [6.45, 7) is 2.32. The van der Waals surface area contributed by atoms with Crippen LogP contribution in [0.5, 0.6) is 0 Å². The third-order valence-electron chi connectivity index (χ3n) is 3.27. The molecule has 2 nitrogen and oxygen atoms in total. The van der Waals surface area contributed by atoms with Gasteiger partial charge in [0.25, 0.3) is 0 Å². The molecule has 1 unspecified atom stereocenters. The number of piperidine rings is 1. The van der Waals surface area contributed by atoms with Crippen LogP contribution in [0.2, 0.25) is 0 Å². The van der Waals surface area contributed by atoms with Crippen molar-refractivity contribution < 1.29 is 0 Å². The van der Waals surface area contributed by atoms with Crippen LogP contribution in [-0.4, -0.2) is 13.1 Å². The Morgan fingerprint density at radius 3 is 2.53 bits per heavy atom. The Labute approximate surface area is 91.9 Å². The minimum absolute atomic E-state index is 0.217. The van der Waals surface area contributed by atoms with Gasteiger partial charge < -0.3 is 11.1 Å². The molecule has 1 fully saturated rings. The van der Waals surface area contributed by atoms with Crippen molar-refractivity contribution in [2.45, 2.75) is 25.3 Å². The molecule has 1 aromatic carbocycles. The van der Waals surface area contributed by atoms with Gasteiger partial charge in [0.15, 0.2) is 0 Å². The summed E-state index contributed by atoms with van der Waals surface area (Å²) in [6.07, 6.45) is 3.69. The molecule has 1 aromatic rings.